The van der Waals surface area contributed by atoms with Gasteiger partial charge in [0.25, 0.3) is 0 Å². The molecule has 1 saturated heterocycles. The summed E-state index contributed by atoms with van der Waals surface area (Å²) in [6.07, 6.45) is 0.611. The smallest absolute Gasteiger partial charge is 0.225 e. The van der Waals surface area contributed by atoms with Crippen molar-refractivity contribution >= 4 is 23.2 Å². The molecular formula is C19H30ClN3O2. The lowest BCUT2D eigenvalue weighted by Crippen LogP contribution is -2.49. The molecule has 0 radical (unpaired) electrons. The molecule has 2 N–H and O–H groups in total. The lowest BCUT2D eigenvalue weighted by Gasteiger charge is -2.34. The molecule has 1 fully saturated rings. The molecule has 5 nitrogen and oxygen atoms in total. The number of carbonyl (C=O) groups is 1. The Hall–Kier alpha value is -1.14. The summed E-state index contributed by atoms with van der Waals surface area (Å²) < 4.78 is 5.83. The Morgan fingerprint density at radius 2 is 2.04 bits per heavy atom. The summed E-state index contributed by atoms with van der Waals surface area (Å²) in [6.45, 7) is 11.1. The quantitative estimate of drug-likeness (QED) is 0.741. The monoisotopic (exact) mass is 367 g/mol. The van der Waals surface area contributed by atoms with Crippen molar-refractivity contribution in [2.45, 2.75) is 39.3 Å². The molecule has 0 spiro atoms. The zero-order chi connectivity index (χ0) is 18.2. The number of halogens is 1. The van der Waals surface area contributed by atoms with Crippen molar-refractivity contribution in [3.8, 4) is 0 Å². The Morgan fingerprint density at radius 3 is 2.72 bits per heavy atom. The first-order chi connectivity index (χ1) is 11.9. The van der Waals surface area contributed by atoms with Crippen LogP contribution in [0.15, 0.2) is 24.3 Å². The normalized spacial score (nSPS) is 19.8. The summed E-state index contributed by atoms with van der Waals surface area (Å²) in [7, 11) is 0. The molecule has 25 heavy (non-hydrogen) atoms. The molecular weight excluding hydrogens is 338 g/mol. The van der Waals surface area contributed by atoms with Gasteiger partial charge in [0, 0.05) is 49.4 Å². The van der Waals surface area contributed by atoms with Gasteiger partial charge in [-0.05, 0) is 37.1 Å². The van der Waals surface area contributed by atoms with Gasteiger partial charge in [-0.3, -0.25) is 9.69 Å². The summed E-state index contributed by atoms with van der Waals surface area (Å²) in [6, 6.07) is 7.23. The molecule has 1 heterocycles. The van der Waals surface area contributed by atoms with Gasteiger partial charge >= 0.3 is 0 Å². The molecule has 0 unspecified atom stereocenters. The van der Waals surface area contributed by atoms with E-state index in [1.54, 1.807) is 24.3 Å². The fourth-order valence-electron chi connectivity index (χ4n) is 3.01. The number of carbonyl (C=O) groups excluding carboxylic acids is 1. The highest BCUT2D eigenvalue weighted by atomic mass is 35.5. The Labute approximate surface area is 156 Å². The molecule has 1 aromatic rings. The van der Waals surface area contributed by atoms with Crippen molar-refractivity contribution in [3.05, 3.63) is 29.3 Å². The summed E-state index contributed by atoms with van der Waals surface area (Å²) >= 11 is 5.85. The molecule has 0 bridgehead atoms. The number of benzene rings is 1. The second kappa shape index (κ2) is 10.1. The highest BCUT2D eigenvalue weighted by Crippen LogP contribution is 2.14. The fourth-order valence-corrected chi connectivity index (χ4v) is 3.14. The second-order valence-electron chi connectivity index (χ2n) is 7.21. The predicted octanol–water partition coefficient (Wildman–Crippen LogP) is 3.00. The van der Waals surface area contributed by atoms with E-state index in [4.69, 9.17) is 16.3 Å². The number of hydrogen-bond acceptors (Lipinski definition) is 4. The number of amides is 1. The molecule has 0 aromatic heterocycles. The Kier molecular flexibility index (Phi) is 8.16. The first-order valence-corrected chi connectivity index (χ1v) is 9.43. The van der Waals surface area contributed by atoms with Crippen molar-refractivity contribution in [1.29, 1.82) is 0 Å². The summed E-state index contributed by atoms with van der Waals surface area (Å²) in [5, 5.41) is 6.97. The molecule has 0 saturated carbocycles. The van der Waals surface area contributed by atoms with Crippen LogP contribution in [0.2, 0.25) is 5.02 Å². The van der Waals surface area contributed by atoms with Crippen LogP contribution >= 0.6 is 11.6 Å². The van der Waals surface area contributed by atoms with Gasteiger partial charge in [-0.15, -0.1) is 0 Å². The van der Waals surface area contributed by atoms with Crippen LogP contribution in [0.1, 0.15) is 27.2 Å². The van der Waals surface area contributed by atoms with Crippen molar-refractivity contribution in [2.75, 3.05) is 38.1 Å². The minimum Gasteiger partial charge on any atom is -0.374 e. The van der Waals surface area contributed by atoms with Crippen LogP contribution in [0.25, 0.3) is 0 Å². The number of morpholine rings is 1. The Balaban J connectivity index is 1.68. The van der Waals surface area contributed by atoms with Gasteiger partial charge < -0.3 is 15.4 Å². The van der Waals surface area contributed by atoms with E-state index in [9.17, 15) is 4.79 Å². The zero-order valence-corrected chi connectivity index (χ0v) is 16.2. The third-order valence-corrected chi connectivity index (χ3v) is 4.41. The van der Waals surface area contributed by atoms with Crippen LogP contribution < -0.4 is 10.6 Å². The van der Waals surface area contributed by atoms with Crippen molar-refractivity contribution < 1.29 is 9.53 Å². The minimum absolute atomic E-state index is 0.00619. The SMILES string of the molecule is CC(C)CN1CCO[C@@H](CN[C@@H](C)CC(=O)Nc2ccc(Cl)cc2)C1. The van der Waals surface area contributed by atoms with E-state index >= 15 is 0 Å². The van der Waals surface area contributed by atoms with Gasteiger partial charge in [0.1, 0.15) is 0 Å². The molecule has 140 valence electrons. The van der Waals surface area contributed by atoms with Gasteiger partial charge in [-0.25, -0.2) is 0 Å². The predicted molar refractivity (Wildman–Crippen MR) is 103 cm³/mol. The largest absolute Gasteiger partial charge is 0.374 e. The fraction of sp³-hybridized carbons (Fsp3) is 0.632. The molecule has 1 aliphatic rings. The van der Waals surface area contributed by atoms with Gasteiger partial charge in [-0.1, -0.05) is 25.4 Å². The highest BCUT2D eigenvalue weighted by molar-refractivity contribution is 6.30. The van der Waals surface area contributed by atoms with E-state index in [1.807, 2.05) is 6.92 Å². The maximum absolute atomic E-state index is 12.1. The summed E-state index contributed by atoms with van der Waals surface area (Å²) in [4.78, 5) is 14.6. The topological polar surface area (TPSA) is 53.6 Å². The number of hydrogen-bond donors (Lipinski definition) is 2. The average Bonchev–Trinajstić information content (AvgIpc) is 2.55. The van der Waals surface area contributed by atoms with Gasteiger partial charge in [-0.2, -0.15) is 0 Å². The number of nitrogens with zero attached hydrogens (tertiary/aromatic N) is 1. The van der Waals surface area contributed by atoms with Crippen LogP contribution in [0.5, 0.6) is 0 Å². The van der Waals surface area contributed by atoms with E-state index in [0.717, 1.165) is 38.5 Å². The molecule has 1 amide bonds. The summed E-state index contributed by atoms with van der Waals surface area (Å²) in [5.74, 6) is 0.663. The number of ether oxygens (including phenoxy) is 1. The van der Waals surface area contributed by atoms with E-state index in [0.29, 0.717) is 17.4 Å². The Bertz CT molecular complexity index is 536. The molecule has 6 heteroatoms. The maximum Gasteiger partial charge on any atom is 0.225 e. The van der Waals surface area contributed by atoms with Crippen molar-refractivity contribution in [2.24, 2.45) is 5.92 Å². The van der Waals surface area contributed by atoms with Crippen molar-refractivity contribution in [3.63, 3.8) is 0 Å². The lowest BCUT2D eigenvalue weighted by atomic mass is 10.1. The number of nitrogens with one attached hydrogen (secondary N) is 2. The summed E-state index contributed by atoms with van der Waals surface area (Å²) in [5.41, 5.74) is 0.765. The van der Waals surface area contributed by atoms with Crippen LogP contribution in [-0.2, 0) is 9.53 Å². The standard InChI is InChI=1S/C19H30ClN3O2/c1-14(2)12-23-8-9-25-18(13-23)11-21-15(3)10-19(24)22-17-6-4-16(20)5-7-17/h4-7,14-15,18,21H,8-13H2,1-3H3,(H,22,24)/t15-,18-/m0/s1. The molecule has 1 aromatic carbocycles. The van der Waals surface area contributed by atoms with E-state index in [-0.39, 0.29) is 18.1 Å². The lowest BCUT2D eigenvalue weighted by molar-refractivity contribution is -0.116. The Morgan fingerprint density at radius 1 is 1.32 bits per heavy atom. The van der Waals surface area contributed by atoms with Gasteiger partial charge in [0.05, 0.1) is 12.7 Å². The maximum atomic E-state index is 12.1. The first-order valence-electron chi connectivity index (χ1n) is 9.05. The average molecular weight is 368 g/mol. The third-order valence-electron chi connectivity index (χ3n) is 4.16. The van der Waals surface area contributed by atoms with Crippen LogP contribution in [0.4, 0.5) is 5.69 Å². The third kappa shape index (κ3) is 7.74. The zero-order valence-electron chi connectivity index (χ0n) is 15.4. The minimum atomic E-state index is -0.00619. The van der Waals surface area contributed by atoms with E-state index < -0.39 is 0 Å². The van der Waals surface area contributed by atoms with Gasteiger partial charge in [0.2, 0.25) is 5.91 Å². The first kappa shape index (κ1) is 20.2. The molecule has 2 atom stereocenters. The van der Waals surface area contributed by atoms with Crippen LogP contribution in [0.3, 0.4) is 0 Å². The molecule has 1 aliphatic heterocycles. The van der Waals surface area contributed by atoms with E-state index in [1.165, 1.54) is 0 Å². The number of anilines is 1. The van der Waals surface area contributed by atoms with Crippen LogP contribution in [0, 0.1) is 5.92 Å². The second-order valence-corrected chi connectivity index (χ2v) is 7.65. The van der Waals surface area contributed by atoms with Crippen LogP contribution in [-0.4, -0.2) is 55.7 Å². The number of rotatable bonds is 8. The van der Waals surface area contributed by atoms with Crippen molar-refractivity contribution in [1.82, 2.24) is 10.2 Å². The molecule has 2 rings (SSSR count). The molecule has 0 aliphatic carbocycles. The van der Waals surface area contributed by atoms with Gasteiger partial charge in [0.15, 0.2) is 0 Å². The highest BCUT2D eigenvalue weighted by Gasteiger charge is 2.21. The van der Waals surface area contributed by atoms with E-state index in [2.05, 4.69) is 29.4 Å².